The number of benzene rings is 2. The molecule has 4 nitrogen and oxygen atoms in total. The van der Waals surface area contributed by atoms with E-state index in [0.29, 0.717) is 27.6 Å². The van der Waals surface area contributed by atoms with E-state index in [9.17, 15) is 9.59 Å². The smallest absolute Gasteiger partial charge is 0.336 e. The first-order chi connectivity index (χ1) is 12.7. The standard InChI is InChI=1S/C22H25IO4/c1-13(2)12-27-21-10-15(5-7-17(21)14(3)4)9-20(24)16-6-8-18(22(25)26)19(23)11-16/h5-8,10-11,13-14H,9,12H2,1-4H3,(H,25,26). The van der Waals surface area contributed by atoms with Gasteiger partial charge >= 0.3 is 5.97 Å². The van der Waals surface area contributed by atoms with Crippen molar-refractivity contribution in [1.29, 1.82) is 0 Å². The SMILES string of the molecule is CC(C)COc1cc(CC(=O)c2ccc(C(=O)O)c(I)c2)ccc1C(C)C. The average Bonchev–Trinajstić information content (AvgIpc) is 2.59. The summed E-state index contributed by atoms with van der Waals surface area (Å²) >= 11 is 1.95. The fourth-order valence-corrected chi connectivity index (χ4v) is 3.44. The minimum absolute atomic E-state index is 0.0445. The summed E-state index contributed by atoms with van der Waals surface area (Å²) in [5.74, 6) is 0.554. The van der Waals surface area contributed by atoms with Crippen LogP contribution in [-0.4, -0.2) is 23.5 Å². The summed E-state index contributed by atoms with van der Waals surface area (Å²) in [4.78, 5) is 23.8. The first kappa shape index (κ1) is 21.4. The summed E-state index contributed by atoms with van der Waals surface area (Å²) in [6, 6.07) is 10.6. The van der Waals surface area contributed by atoms with Gasteiger partial charge in [0.15, 0.2) is 5.78 Å². The molecule has 0 amide bonds. The fraction of sp³-hybridized carbons (Fsp3) is 0.364. The number of hydrogen-bond donors (Lipinski definition) is 1. The number of carbonyl (C=O) groups excluding carboxylic acids is 1. The van der Waals surface area contributed by atoms with Gasteiger partial charge in [0.2, 0.25) is 0 Å². The first-order valence-corrected chi connectivity index (χ1v) is 10.1. The van der Waals surface area contributed by atoms with Crippen molar-refractivity contribution < 1.29 is 19.4 Å². The Morgan fingerprint density at radius 1 is 1.07 bits per heavy atom. The molecule has 0 atom stereocenters. The Hall–Kier alpha value is -1.89. The second-order valence-electron chi connectivity index (χ2n) is 7.33. The van der Waals surface area contributed by atoms with Crippen LogP contribution in [0.25, 0.3) is 0 Å². The lowest BCUT2D eigenvalue weighted by atomic mass is 9.97. The van der Waals surface area contributed by atoms with E-state index < -0.39 is 5.97 Å². The minimum Gasteiger partial charge on any atom is -0.493 e. The summed E-state index contributed by atoms with van der Waals surface area (Å²) in [6.07, 6.45) is 0.249. The predicted molar refractivity (Wildman–Crippen MR) is 115 cm³/mol. The van der Waals surface area contributed by atoms with Gasteiger partial charge < -0.3 is 9.84 Å². The van der Waals surface area contributed by atoms with Crippen molar-refractivity contribution in [3.8, 4) is 5.75 Å². The van der Waals surface area contributed by atoms with Crippen LogP contribution >= 0.6 is 22.6 Å². The number of carboxylic acid groups (broad SMARTS) is 1. The molecule has 2 rings (SSSR count). The van der Waals surface area contributed by atoms with Crippen LogP contribution in [-0.2, 0) is 6.42 Å². The van der Waals surface area contributed by atoms with E-state index >= 15 is 0 Å². The number of rotatable bonds is 8. The van der Waals surface area contributed by atoms with Crippen molar-refractivity contribution in [1.82, 2.24) is 0 Å². The number of Topliss-reactive ketones (excluding diaryl/α,β-unsaturated/α-hetero) is 1. The van der Waals surface area contributed by atoms with E-state index in [1.807, 2.05) is 40.8 Å². The molecule has 0 fully saturated rings. The monoisotopic (exact) mass is 480 g/mol. The largest absolute Gasteiger partial charge is 0.493 e. The highest BCUT2D eigenvalue weighted by atomic mass is 127. The number of ketones is 1. The van der Waals surface area contributed by atoms with Crippen molar-refractivity contribution >= 4 is 34.3 Å². The lowest BCUT2D eigenvalue weighted by molar-refractivity contribution is 0.0695. The predicted octanol–water partition coefficient (Wildman–Crippen LogP) is 5.57. The molecule has 2 aromatic rings. The van der Waals surface area contributed by atoms with Crippen molar-refractivity contribution in [3.63, 3.8) is 0 Å². The van der Waals surface area contributed by atoms with Gasteiger partial charge in [0.25, 0.3) is 0 Å². The second kappa shape index (κ2) is 9.35. The second-order valence-corrected chi connectivity index (χ2v) is 8.49. The van der Waals surface area contributed by atoms with Crippen LogP contribution in [0.4, 0.5) is 0 Å². The Kier molecular flexibility index (Phi) is 7.41. The van der Waals surface area contributed by atoms with Crippen molar-refractivity contribution in [2.75, 3.05) is 6.61 Å². The highest BCUT2D eigenvalue weighted by Crippen LogP contribution is 2.29. The molecule has 27 heavy (non-hydrogen) atoms. The van der Waals surface area contributed by atoms with E-state index in [1.54, 1.807) is 12.1 Å². The maximum Gasteiger partial charge on any atom is 0.336 e. The zero-order chi connectivity index (χ0) is 20.1. The van der Waals surface area contributed by atoms with Gasteiger partial charge in [0.05, 0.1) is 12.2 Å². The van der Waals surface area contributed by atoms with Gasteiger partial charge in [0, 0.05) is 15.6 Å². The molecule has 0 radical (unpaired) electrons. The molecule has 0 aromatic heterocycles. The highest BCUT2D eigenvalue weighted by molar-refractivity contribution is 14.1. The van der Waals surface area contributed by atoms with Crippen LogP contribution in [0, 0.1) is 9.49 Å². The topological polar surface area (TPSA) is 63.6 Å². The Bertz CT molecular complexity index is 840. The molecular weight excluding hydrogens is 455 g/mol. The molecule has 0 saturated carbocycles. The molecule has 0 aliphatic heterocycles. The van der Waals surface area contributed by atoms with E-state index in [1.165, 1.54) is 6.07 Å². The summed E-state index contributed by atoms with van der Waals surface area (Å²) in [5, 5.41) is 9.12. The molecular formula is C22H25IO4. The van der Waals surface area contributed by atoms with Crippen LogP contribution in [0.1, 0.15) is 65.5 Å². The Morgan fingerprint density at radius 2 is 1.78 bits per heavy atom. The lowest BCUT2D eigenvalue weighted by Gasteiger charge is -2.17. The van der Waals surface area contributed by atoms with E-state index in [-0.39, 0.29) is 17.8 Å². The number of halogens is 1. The third-order valence-corrected chi connectivity index (χ3v) is 5.05. The van der Waals surface area contributed by atoms with Gasteiger partial charge in [-0.2, -0.15) is 0 Å². The summed E-state index contributed by atoms with van der Waals surface area (Å²) in [7, 11) is 0. The zero-order valence-corrected chi connectivity index (χ0v) is 18.2. The van der Waals surface area contributed by atoms with Crippen LogP contribution in [0.5, 0.6) is 5.75 Å². The average molecular weight is 480 g/mol. The Labute approximate surface area is 174 Å². The van der Waals surface area contributed by atoms with Crippen molar-refractivity contribution in [2.24, 2.45) is 5.92 Å². The van der Waals surface area contributed by atoms with Crippen LogP contribution < -0.4 is 4.74 Å². The normalized spacial score (nSPS) is 11.1. The number of hydrogen-bond acceptors (Lipinski definition) is 3. The summed E-state index contributed by atoms with van der Waals surface area (Å²) in [6.45, 7) is 9.07. The molecule has 1 N–H and O–H groups in total. The lowest BCUT2D eigenvalue weighted by Crippen LogP contribution is -2.09. The van der Waals surface area contributed by atoms with Gasteiger partial charge in [-0.3, -0.25) is 4.79 Å². The van der Waals surface area contributed by atoms with Crippen molar-refractivity contribution in [2.45, 2.75) is 40.0 Å². The number of carbonyl (C=O) groups is 2. The maximum atomic E-state index is 12.7. The third kappa shape index (κ3) is 5.79. The minimum atomic E-state index is -0.991. The molecule has 0 aliphatic rings. The summed E-state index contributed by atoms with van der Waals surface area (Å²) < 4.78 is 6.53. The van der Waals surface area contributed by atoms with Gasteiger partial charge in [-0.1, -0.05) is 45.9 Å². The summed E-state index contributed by atoms with van der Waals surface area (Å²) in [5.41, 5.74) is 2.74. The van der Waals surface area contributed by atoms with Crippen molar-refractivity contribution in [3.05, 3.63) is 62.2 Å². The molecule has 0 unspecified atom stereocenters. The number of carboxylic acids is 1. The van der Waals surface area contributed by atoms with Crippen LogP contribution in [0.2, 0.25) is 0 Å². The molecule has 0 saturated heterocycles. The fourth-order valence-electron chi connectivity index (χ4n) is 2.70. The highest BCUT2D eigenvalue weighted by Gasteiger charge is 2.15. The molecule has 0 spiro atoms. The molecule has 2 aromatic carbocycles. The van der Waals surface area contributed by atoms with Gasteiger partial charge in [-0.05, 0) is 63.8 Å². The van der Waals surface area contributed by atoms with E-state index in [4.69, 9.17) is 9.84 Å². The van der Waals surface area contributed by atoms with E-state index in [2.05, 4.69) is 27.7 Å². The maximum absolute atomic E-state index is 12.7. The van der Waals surface area contributed by atoms with Gasteiger partial charge in [-0.25, -0.2) is 4.79 Å². The molecule has 5 heteroatoms. The van der Waals surface area contributed by atoms with Crippen LogP contribution in [0.3, 0.4) is 0 Å². The zero-order valence-electron chi connectivity index (χ0n) is 16.1. The van der Waals surface area contributed by atoms with E-state index in [0.717, 1.165) is 16.9 Å². The van der Waals surface area contributed by atoms with Gasteiger partial charge in [-0.15, -0.1) is 0 Å². The Balaban J connectivity index is 2.23. The Morgan fingerprint density at radius 3 is 2.33 bits per heavy atom. The molecule has 144 valence electrons. The molecule has 0 bridgehead atoms. The molecule has 0 aliphatic carbocycles. The van der Waals surface area contributed by atoms with Crippen LogP contribution in [0.15, 0.2) is 36.4 Å². The first-order valence-electron chi connectivity index (χ1n) is 9.00. The quantitative estimate of drug-likeness (QED) is 0.396. The van der Waals surface area contributed by atoms with Gasteiger partial charge in [0.1, 0.15) is 5.75 Å². The number of ether oxygens (including phenoxy) is 1. The molecule has 0 heterocycles. The third-order valence-electron chi connectivity index (χ3n) is 4.16. The number of aromatic carboxylic acids is 1.